The average Bonchev–Trinajstić information content (AvgIpc) is 2.27. The van der Waals surface area contributed by atoms with Gasteiger partial charge in [0.05, 0.1) is 19.3 Å². The maximum Gasteiger partial charge on any atom is 0.0895 e. The summed E-state index contributed by atoms with van der Waals surface area (Å²) in [6.07, 6.45) is 0.713. The first-order chi connectivity index (χ1) is 6.72. The number of β-amino-alcohol motifs (C(OH)–C–C–N with tert-alkyl or cyclic N) is 1. The van der Waals surface area contributed by atoms with E-state index in [1.54, 1.807) is 0 Å². The minimum absolute atomic E-state index is 0.0362. The highest BCUT2D eigenvalue weighted by molar-refractivity contribution is 4.90. The van der Waals surface area contributed by atoms with Crippen molar-refractivity contribution >= 4 is 0 Å². The second kappa shape index (κ2) is 5.63. The predicted octanol–water partition coefficient (Wildman–Crippen LogP) is -1.53. The van der Waals surface area contributed by atoms with E-state index >= 15 is 0 Å². The predicted molar refractivity (Wildman–Crippen MR) is 51.0 cm³/mol. The Bertz CT molecular complexity index is 159. The molecule has 1 atom stereocenters. The van der Waals surface area contributed by atoms with Gasteiger partial charge in [-0.1, -0.05) is 0 Å². The van der Waals surface area contributed by atoms with Crippen molar-refractivity contribution in [1.82, 2.24) is 5.32 Å². The van der Waals surface area contributed by atoms with E-state index in [2.05, 4.69) is 5.32 Å². The fourth-order valence-electron chi connectivity index (χ4n) is 1.55. The molecule has 1 aliphatic rings. The third-order valence-electron chi connectivity index (χ3n) is 2.68. The molecule has 0 aromatic rings. The molecule has 1 heterocycles. The van der Waals surface area contributed by atoms with Crippen LogP contribution in [0, 0.1) is 0 Å². The van der Waals surface area contributed by atoms with Gasteiger partial charge in [0.15, 0.2) is 0 Å². The van der Waals surface area contributed by atoms with Crippen LogP contribution in [0.2, 0.25) is 0 Å². The monoisotopic (exact) mass is 205 g/mol. The number of hydrogen-bond acceptors (Lipinski definition) is 5. The van der Waals surface area contributed by atoms with Crippen LogP contribution in [0.3, 0.4) is 0 Å². The molecule has 1 unspecified atom stereocenters. The first-order valence-corrected chi connectivity index (χ1v) is 4.95. The fraction of sp³-hybridized carbons (Fsp3) is 1.00. The van der Waals surface area contributed by atoms with Gasteiger partial charge in [-0.25, -0.2) is 0 Å². The maximum atomic E-state index is 9.26. The van der Waals surface area contributed by atoms with E-state index in [4.69, 9.17) is 9.84 Å². The van der Waals surface area contributed by atoms with E-state index < -0.39 is 6.10 Å². The van der Waals surface area contributed by atoms with Gasteiger partial charge >= 0.3 is 0 Å². The fourth-order valence-corrected chi connectivity index (χ4v) is 1.55. The summed E-state index contributed by atoms with van der Waals surface area (Å²) in [7, 11) is 0. The molecule has 0 radical (unpaired) electrons. The van der Waals surface area contributed by atoms with E-state index in [1.807, 2.05) is 0 Å². The molecule has 84 valence electrons. The summed E-state index contributed by atoms with van der Waals surface area (Å²) in [5.74, 6) is 0. The summed E-state index contributed by atoms with van der Waals surface area (Å²) in [6.45, 7) is 1.34. The summed E-state index contributed by atoms with van der Waals surface area (Å²) in [6, 6.07) is 0. The van der Waals surface area contributed by atoms with Crippen LogP contribution < -0.4 is 5.32 Å². The molecule has 0 aromatic carbocycles. The Hall–Kier alpha value is -0.200. The van der Waals surface area contributed by atoms with Gasteiger partial charge in [0.1, 0.15) is 0 Å². The van der Waals surface area contributed by atoms with Gasteiger partial charge in [-0.05, 0) is 12.8 Å². The molecule has 1 saturated heterocycles. The first kappa shape index (κ1) is 11.9. The standard InChI is InChI=1S/C9H19NO4/c11-6-8(13)5-10-9(7-12)1-3-14-4-2-9/h8,10-13H,1-7H2. The van der Waals surface area contributed by atoms with Gasteiger partial charge in [-0.2, -0.15) is 0 Å². The van der Waals surface area contributed by atoms with Crippen molar-refractivity contribution in [2.75, 3.05) is 33.0 Å². The van der Waals surface area contributed by atoms with Gasteiger partial charge in [0.2, 0.25) is 0 Å². The third-order valence-corrected chi connectivity index (χ3v) is 2.68. The van der Waals surface area contributed by atoms with Crippen LogP contribution in [0.1, 0.15) is 12.8 Å². The van der Waals surface area contributed by atoms with E-state index in [9.17, 15) is 10.2 Å². The minimum Gasteiger partial charge on any atom is -0.394 e. The van der Waals surface area contributed by atoms with E-state index in [0.29, 0.717) is 19.8 Å². The van der Waals surface area contributed by atoms with Gasteiger partial charge in [-0.15, -0.1) is 0 Å². The van der Waals surface area contributed by atoms with E-state index in [-0.39, 0.29) is 18.8 Å². The van der Waals surface area contributed by atoms with E-state index in [0.717, 1.165) is 12.8 Å². The first-order valence-electron chi connectivity index (χ1n) is 4.95. The Morgan fingerprint density at radius 2 is 1.93 bits per heavy atom. The van der Waals surface area contributed by atoms with E-state index in [1.165, 1.54) is 0 Å². The number of nitrogens with one attached hydrogen (secondary N) is 1. The molecule has 0 amide bonds. The van der Waals surface area contributed by atoms with Crippen molar-refractivity contribution in [1.29, 1.82) is 0 Å². The topological polar surface area (TPSA) is 82.0 Å². The van der Waals surface area contributed by atoms with Crippen LogP contribution in [0.4, 0.5) is 0 Å². The molecule has 0 aromatic heterocycles. The van der Waals surface area contributed by atoms with Gasteiger partial charge in [0, 0.05) is 25.3 Å². The quantitative estimate of drug-likeness (QED) is 0.438. The molecule has 1 fully saturated rings. The molecule has 5 nitrogen and oxygen atoms in total. The molecule has 0 saturated carbocycles. The van der Waals surface area contributed by atoms with Crippen molar-refractivity contribution < 1.29 is 20.1 Å². The molecular weight excluding hydrogens is 186 g/mol. The lowest BCUT2D eigenvalue weighted by Crippen LogP contribution is -2.54. The second-order valence-electron chi connectivity index (χ2n) is 3.77. The molecule has 4 N–H and O–H groups in total. The Kier molecular flexibility index (Phi) is 4.77. The average molecular weight is 205 g/mol. The number of aliphatic hydroxyl groups is 3. The summed E-state index contributed by atoms with van der Waals surface area (Å²) < 4.78 is 5.20. The molecule has 0 spiro atoms. The smallest absolute Gasteiger partial charge is 0.0895 e. The number of hydrogen-bond donors (Lipinski definition) is 4. The Balaban J connectivity index is 2.36. The van der Waals surface area contributed by atoms with Crippen LogP contribution >= 0.6 is 0 Å². The van der Waals surface area contributed by atoms with Crippen LogP contribution in [0.15, 0.2) is 0 Å². The van der Waals surface area contributed by atoms with Crippen LogP contribution in [-0.4, -0.2) is 59.9 Å². The molecule has 0 bridgehead atoms. The third kappa shape index (κ3) is 3.18. The van der Waals surface area contributed by atoms with Gasteiger partial charge < -0.3 is 25.4 Å². The summed E-state index contributed by atoms with van der Waals surface area (Å²) in [4.78, 5) is 0. The molecule has 5 heteroatoms. The molecule has 1 rings (SSSR count). The molecule has 1 aliphatic heterocycles. The lowest BCUT2D eigenvalue weighted by Gasteiger charge is -2.37. The van der Waals surface area contributed by atoms with Gasteiger partial charge in [0.25, 0.3) is 0 Å². The van der Waals surface area contributed by atoms with Crippen LogP contribution in [0.25, 0.3) is 0 Å². The number of aliphatic hydroxyl groups excluding tert-OH is 3. The van der Waals surface area contributed by atoms with Crippen LogP contribution in [-0.2, 0) is 4.74 Å². The second-order valence-corrected chi connectivity index (χ2v) is 3.77. The highest BCUT2D eigenvalue weighted by Crippen LogP contribution is 2.19. The van der Waals surface area contributed by atoms with Crippen molar-refractivity contribution in [2.24, 2.45) is 0 Å². The highest BCUT2D eigenvalue weighted by atomic mass is 16.5. The van der Waals surface area contributed by atoms with Crippen molar-refractivity contribution in [3.8, 4) is 0 Å². The Morgan fingerprint density at radius 3 is 2.43 bits per heavy atom. The zero-order chi connectivity index (χ0) is 10.4. The summed E-state index contributed by atoms with van der Waals surface area (Å²) in [5.41, 5.74) is -0.339. The number of ether oxygens (including phenoxy) is 1. The minimum atomic E-state index is -0.763. The summed E-state index contributed by atoms with van der Waals surface area (Å²) in [5, 5.41) is 30.2. The molecule has 0 aliphatic carbocycles. The number of rotatable bonds is 5. The maximum absolute atomic E-state index is 9.26. The Morgan fingerprint density at radius 1 is 1.29 bits per heavy atom. The van der Waals surface area contributed by atoms with Crippen molar-refractivity contribution in [3.05, 3.63) is 0 Å². The largest absolute Gasteiger partial charge is 0.394 e. The molecular formula is C9H19NO4. The lowest BCUT2D eigenvalue weighted by atomic mass is 9.91. The van der Waals surface area contributed by atoms with Crippen molar-refractivity contribution in [3.63, 3.8) is 0 Å². The zero-order valence-corrected chi connectivity index (χ0v) is 8.28. The zero-order valence-electron chi connectivity index (χ0n) is 8.28. The van der Waals surface area contributed by atoms with Crippen molar-refractivity contribution in [2.45, 2.75) is 24.5 Å². The van der Waals surface area contributed by atoms with Crippen LogP contribution in [0.5, 0.6) is 0 Å². The lowest BCUT2D eigenvalue weighted by molar-refractivity contribution is 0.00233. The Labute approximate surface area is 83.7 Å². The van der Waals surface area contributed by atoms with Gasteiger partial charge in [-0.3, -0.25) is 0 Å². The highest BCUT2D eigenvalue weighted by Gasteiger charge is 2.31. The normalized spacial score (nSPS) is 23.4. The summed E-state index contributed by atoms with van der Waals surface area (Å²) >= 11 is 0. The molecule has 14 heavy (non-hydrogen) atoms. The SMILES string of the molecule is OCC(O)CNC1(CO)CCOCC1.